The maximum Gasteiger partial charge on any atom is 0.254 e. The van der Waals surface area contributed by atoms with E-state index in [2.05, 4.69) is 5.32 Å². The predicted octanol–water partition coefficient (Wildman–Crippen LogP) is 0.899. The average Bonchev–Trinajstić information content (AvgIpc) is 2.47. The average molecular weight is 312 g/mol. The molecular formula is C14H18ClN3O3. The van der Waals surface area contributed by atoms with Gasteiger partial charge in [-0.3, -0.25) is 9.59 Å². The van der Waals surface area contributed by atoms with Crippen molar-refractivity contribution in [3.8, 4) is 0 Å². The molecule has 114 valence electrons. The summed E-state index contributed by atoms with van der Waals surface area (Å²) in [6.45, 7) is 3.79. The zero-order chi connectivity index (χ0) is 15.4. The standard InChI is InChI=1S/C14H18ClN3O3/c1-9(14(20)18-4-6-21-7-5-18)17-13(19)11-3-2-10(15)8-12(11)16/h2-3,8-9H,4-7,16H2,1H3,(H,17,19). The van der Waals surface area contributed by atoms with Crippen LogP contribution < -0.4 is 11.1 Å². The predicted molar refractivity (Wildman–Crippen MR) is 80.2 cm³/mol. The molecule has 0 spiro atoms. The molecule has 0 radical (unpaired) electrons. The van der Waals surface area contributed by atoms with Crippen molar-refractivity contribution < 1.29 is 14.3 Å². The van der Waals surface area contributed by atoms with Crippen LogP contribution in [0.3, 0.4) is 0 Å². The number of morpholine rings is 1. The number of carbonyl (C=O) groups is 2. The van der Waals surface area contributed by atoms with E-state index in [1.807, 2.05) is 0 Å². The maximum atomic E-state index is 12.2. The van der Waals surface area contributed by atoms with E-state index >= 15 is 0 Å². The molecule has 21 heavy (non-hydrogen) atoms. The quantitative estimate of drug-likeness (QED) is 0.812. The summed E-state index contributed by atoms with van der Waals surface area (Å²) < 4.78 is 5.20. The summed E-state index contributed by atoms with van der Waals surface area (Å²) in [6, 6.07) is 4.01. The number of halogens is 1. The van der Waals surface area contributed by atoms with Crippen molar-refractivity contribution in [3.05, 3.63) is 28.8 Å². The van der Waals surface area contributed by atoms with Crippen LogP contribution in [0.4, 0.5) is 5.69 Å². The largest absolute Gasteiger partial charge is 0.398 e. The zero-order valence-corrected chi connectivity index (χ0v) is 12.5. The number of nitrogens with one attached hydrogen (secondary N) is 1. The Kier molecular flexibility index (Phi) is 5.03. The number of carbonyl (C=O) groups excluding carboxylic acids is 2. The van der Waals surface area contributed by atoms with Crippen molar-refractivity contribution in [3.63, 3.8) is 0 Å². The van der Waals surface area contributed by atoms with Gasteiger partial charge in [0.2, 0.25) is 5.91 Å². The van der Waals surface area contributed by atoms with Crippen LogP contribution in [0.5, 0.6) is 0 Å². The lowest BCUT2D eigenvalue weighted by Crippen LogP contribution is -2.50. The number of nitrogen functional groups attached to an aromatic ring is 1. The molecule has 0 bridgehead atoms. The van der Waals surface area contributed by atoms with Gasteiger partial charge in [-0.2, -0.15) is 0 Å². The first-order valence-corrected chi connectivity index (χ1v) is 7.09. The van der Waals surface area contributed by atoms with Gasteiger partial charge < -0.3 is 20.7 Å². The Labute approximate surface area is 128 Å². The van der Waals surface area contributed by atoms with Crippen molar-refractivity contribution in [2.24, 2.45) is 0 Å². The molecule has 1 heterocycles. The molecule has 1 aliphatic rings. The topological polar surface area (TPSA) is 84.7 Å². The molecule has 6 nitrogen and oxygen atoms in total. The van der Waals surface area contributed by atoms with Gasteiger partial charge in [-0.25, -0.2) is 0 Å². The van der Waals surface area contributed by atoms with Crippen LogP contribution in [-0.4, -0.2) is 49.1 Å². The van der Waals surface area contributed by atoms with Gasteiger partial charge in [0.25, 0.3) is 5.91 Å². The highest BCUT2D eigenvalue weighted by Crippen LogP contribution is 2.18. The second kappa shape index (κ2) is 6.78. The molecule has 1 saturated heterocycles. The normalized spacial score (nSPS) is 16.4. The fourth-order valence-electron chi connectivity index (χ4n) is 2.13. The summed E-state index contributed by atoms with van der Waals surface area (Å²) in [6.07, 6.45) is 0. The van der Waals surface area contributed by atoms with E-state index in [9.17, 15) is 9.59 Å². The van der Waals surface area contributed by atoms with Crippen molar-refractivity contribution in [2.45, 2.75) is 13.0 Å². The summed E-state index contributed by atoms with van der Waals surface area (Å²) in [7, 11) is 0. The summed E-state index contributed by atoms with van der Waals surface area (Å²) in [5.74, 6) is -0.516. The summed E-state index contributed by atoms with van der Waals surface area (Å²) in [5, 5.41) is 3.12. The molecule has 0 aromatic heterocycles. The molecule has 1 aromatic rings. The first-order valence-electron chi connectivity index (χ1n) is 6.71. The van der Waals surface area contributed by atoms with Crippen LogP contribution in [0, 0.1) is 0 Å². The van der Waals surface area contributed by atoms with E-state index in [4.69, 9.17) is 22.1 Å². The summed E-state index contributed by atoms with van der Waals surface area (Å²) in [4.78, 5) is 26.0. The van der Waals surface area contributed by atoms with Gasteiger partial charge in [0.15, 0.2) is 0 Å². The minimum atomic E-state index is -0.620. The fourth-order valence-corrected chi connectivity index (χ4v) is 2.31. The highest BCUT2D eigenvalue weighted by molar-refractivity contribution is 6.31. The van der Waals surface area contributed by atoms with Crippen LogP contribution >= 0.6 is 11.6 Å². The van der Waals surface area contributed by atoms with Crippen LogP contribution in [0.1, 0.15) is 17.3 Å². The van der Waals surface area contributed by atoms with E-state index in [1.54, 1.807) is 24.0 Å². The number of nitrogens with two attached hydrogens (primary N) is 1. The highest BCUT2D eigenvalue weighted by atomic mass is 35.5. The third-order valence-electron chi connectivity index (χ3n) is 3.30. The van der Waals surface area contributed by atoms with E-state index < -0.39 is 11.9 Å². The molecule has 1 aromatic carbocycles. The SMILES string of the molecule is CC(NC(=O)c1ccc(Cl)cc1N)C(=O)N1CCOCC1. The monoisotopic (exact) mass is 311 g/mol. The third kappa shape index (κ3) is 3.86. The number of amides is 2. The lowest BCUT2D eigenvalue weighted by molar-refractivity contribution is -0.136. The Hall–Kier alpha value is -1.79. The number of hydrogen-bond acceptors (Lipinski definition) is 4. The van der Waals surface area contributed by atoms with Crippen molar-refractivity contribution >= 4 is 29.1 Å². The van der Waals surface area contributed by atoms with Crippen LogP contribution in [0.2, 0.25) is 5.02 Å². The Balaban J connectivity index is 1.99. The molecule has 1 fully saturated rings. The first-order chi connectivity index (χ1) is 9.99. The minimum Gasteiger partial charge on any atom is -0.398 e. The smallest absolute Gasteiger partial charge is 0.254 e. The molecule has 3 N–H and O–H groups in total. The second-order valence-corrected chi connectivity index (χ2v) is 5.30. The number of ether oxygens (including phenoxy) is 1. The Morgan fingerprint density at radius 3 is 2.67 bits per heavy atom. The molecule has 0 saturated carbocycles. The Morgan fingerprint density at radius 2 is 2.05 bits per heavy atom. The van der Waals surface area contributed by atoms with Gasteiger partial charge in [-0.1, -0.05) is 11.6 Å². The van der Waals surface area contributed by atoms with E-state index in [-0.39, 0.29) is 11.6 Å². The van der Waals surface area contributed by atoms with Crippen LogP contribution in [0.15, 0.2) is 18.2 Å². The van der Waals surface area contributed by atoms with Gasteiger partial charge in [0, 0.05) is 23.8 Å². The van der Waals surface area contributed by atoms with E-state index in [0.717, 1.165) is 0 Å². The summed E-state index contributed by atoms with van der Waals surface area (Å²) >= 11 is 5.80. The first kappa shape index (κ1) is 15.6. The van der Waals surface area contributed by atoms with Crippen molar-refractivity contribution in [1.82, 2.24) is 10.2 Å². The Morgan fingerprint density at radius 1 is 1.38 bits per heavy atom. The Bertz CT molecular complexity index is 544. The number of benzene rings is 1. The van der Waals surface area contributed by atoms with Gasteiger partial charge in [0.05, 0.1) is 18.8 Å². The van der Waals surface area contributed by atoms with Gasteiger partial charge in [-0.05, 0) is 25.1 Å². The van der Waals surface area contributed by atoms with E-state index in [1.165, 1.54) is 6.07 Å². The second-order valence-electron chi connectivity index (χ2n) is 4.86. The molecule has 7 heteroatoms. The lowest BCUT2D eigenvalue weighted by Gasteiger charge is -2.29. The third-order valence-corrected chi connectivity index (χ3v) is 3.53. The highest BCUT2D eigenvalue weighted by Gasteiger charge is 2.24. The molecule has 1 atom stereocenters. The van der Waals surface area contributed by atoms with Gasteiger partial charge in [-0.15, -0.1) is 0 Å². The maximum absolute atomic E-state index is 12.2. The van der Waals surface area contributed by atoms with Crippen LogP contribution in [0.25, 0.3) is 0 Å². The van der Waals surface area contributed by atoms with Gasteiger partial charge >= 0.3 is 0 Å². The number of nitrogens with zero attached hydrogens (tertiary/aromatic N) is 1. The van der Waals surface area contributed by atoms with Crippen LogP contribution in [-0.2, 0) is 9.53 Å². The zero-order valence-electron chi connectivity index (χ0n) is 11.8. The van der Waals surface area contributed by atoms with Gasteiger partial charge in [0.1, 0.15) is 6.04 Å². The van der Waals surface area contributed by atoms with E-state index in [0.29, 0.717) is 36.9 Å². The van der Waals surface area contributed by atoms with Crippen molar-refractivity contribution in [2.75, 3.05) is 32.0 Å². The molecule has 1 aliphatic heterocycles. The fraction of sp³-hybridized carbons (Fsp3) is 0.429. The molecule has 1 unspecified atom stereocenters. The number of rotatable bonds is 3. The minimum absolute atomic E-state index is 0.126. The number of hydrogen-bond donors (Lipinski definition) is 2. The molecule has 0 aliphatic carbocycles. The lowest BCUT2D eigenvalue weighted by atomic mass is 10.1. The molecular weight excluding hydrogens is 294 g/mol. The summed E-state index contributed by atoms with van der Waals surface area (Å²) in [5.41, 5.74) is 6.35. The van der Waals surface area contributed by atoms with Crippen molar-refractivity contribution in [1.29, 1.82) is 0 Å². The molecule has 2 rings (SSSR count). The number of anilines is 1. The molecule has 2 amide bonds.